The summed E-state index contributed by atoms with van der Waals surface area (Å²) in [5, 5.41) is 15.4. The zero-order valence-corrected chi connectivity index (χ0v) is 14.6. The van der Waals surface area contributed by atoms with E-state index in [9.17, 15) is 14.7 Å². The fraction of sp³-hybridized carbons (Fsp3) is 0.333. The molecular weight excluding hydrogens is 322 g/mol. The number of pyridine rings is 1. The van der Waals surface area contributed by atoms with Gasteiger partial charge in [-0.15, -0.1) is 0 Å². The number of aliphatic hydroxyl groups is 1. The SMILES string of the molecule is COc1ccccc1[C@@H](O)CNC(=O)NCc1c(C)cc(C)[nH]c1=O. The third kappa shape index (κ3) is 4.84. The standard InChI is InChI=1S/C18H23N3O4/c1-11-8-12(2)21-17(23)14(11)9-19-18(24)20-10-15(22)13-6-4-5-7-16(13)25-3/h4-8,15,22H,9-10H2,1-3H3,(H,21,23)(H2,19,20,24)/t15-/m0/s1. The fourth-order valence-electron chi connectivity index (χ4n) is 2.57. The molecule has 7 heteroatoms. The van der Waals surface area contributed by atoms with E-state index in [1.807, 2.05) is 13.0 Å². The van der Waals surface area contributed by atoms with Crippen molar-refractivity contribution in [3.8, 4) is 5.75 Å². The van der Waals surface area contributed by atoms with Crippen LogP contribution in [0.3, 0.4) is 0 Å². The summed E-state index contributed by atoms with van der Waals surface area (Å²) < 4.78 is 5.19. The lowest BCUT2D eigenvalue weighted by Crippen LogP contribution is -2.38. The van der Waals surface area contributed by atoms with E-state index < -0.39 is 12.1 Å². The Balaban J connectivity index is 1.90. The number of amides is 2. The van der Waals surface area contributed by atoms with Crippen LogP contribution in [0.2, 0.25) is 0 Å². The van der Waals surface area contributed by atoms with Gasteiger partial charge in [-0.1, -0.05) is 18.2 Å². The van der Waals surface area contributed by atoms with Gasteiger partial charge in [0.2, 0.25) is 0 Å². The first-order valence-electron chi connectivity index (χ1n) is 7.94. The van der Waals surface area contributed by atoms with E-state index in [0.29, 0.717) is 16.9 Å². The third-order valence-corrected chi connectivity index (χ3v) is 3.87. The number of rotatable bonds is 6. The van der Waals surface area contributed by atoms with Crippen LogP contribution in [0, 0.1) is 13.8 Å². The fourth-order valence-corrected chi connectivity index (χ4v) is 2.57. The molecule has 1 atom stereocenters. The summed E-state index contributed by atoms with van der Waals surface area (Å²) in [6.45, 7) is 3.76. The van der Waals surface area contributed by atoms with E-state index in [2.05, 4.69) is 15.6 Å². The van der Waals surface area contributed by atoms with Crippen LogP contribution in [0.15, 0.2) is 35.1 Å². The molecule has 2 aromatic rings. The largest absolute Gasteiger partial charge is 0.496 e. The lowest BCUT2D eigenvalue weighted by molar-refractivity contribution is 0.169. The van der Waals surface area contributed by atoms with Crippen LogP contribution in [-0.2, 0) is 6.54 Å². The second kappa shape index (κ2) is 8.34. The first-order chi connectivity index (χ1) is 11.9. The number of nitrogens with one attached hydrogen (secondary N) is 3. The molecule has 0 aliphatic heterocycles. The van der Waals surface area contributed by atoms with Crippen molar-refractivity contribution in [1.29, 1.82) is 0 Å². The van der Waals surface area contributed by atoms with Gasteiger partial charge in [-0.3, -0.25) is 4.79 Å². The topological polar surface area (TPSA) is 103 Å². The highest BCUT2D eigenvalue weighted by atomic mass is 16.5. The normalized spacial score (nSPS) is 11.7. The summed E-state index contributed by atoms with van der Waals surface area (Å²) in [6.07, 6.45) is -0.897. The second-order valence-electron chi connectivity index (χ2n) is 5.76. The Morgan fingerprint density at radius 3 is 2.68 bits per heavy atom. The third-order valence-electron chi connectivity index (χ3n) is 3.87. The predicted molar refractivity (Wildman–Crippen MR) is 94.7 cm³/mol. The van der Waals surface area contributed by atoms with Crippen molar-refractivity contribution in [1.82, 2.24) is 15.6 Å². The highest BCUT2D eigenvalue weighted by Crippen LogP contribution is 2.23. The number of aromatic amines is 1. The number of ether oxygens (including phenoxy) is 1. The van der Waals surface area contributed by atoms with Crippen molar-refractivity contribution < 1.29 is 14.6 Å². The van der Waals surface area contributed by atoms with E-state index in [1.54, 1.807) is 31.2 Å². The molecule has 0 bridgehead atoms. The van der Waals surface area contributed by atoms with Gasteiger partial charge in [-0.05, 0) is 31.5 Å². The molecule has 25 heavy (non-hydrogen) atoms. The maximum atomic E-state index is 11.9. The molecule has 4 N–H and O–H groups in total. The molecule has 1 aromatic heterocycles. The monoisotopic (exact) mass is 345 g/mol. The molecule has 0 spiro atoms. The summed E-state index contributed by atoms with van der Waals surface area (Å²) in [5.41, 5.74) is 2.47. The average molecular weight is 345 g/mol. The first kappa shape index (κ1) is 18.5. The summed E-state index contributed by atoms with van der Waals surface area (Å²) in [4.78, 5) is 26.5. The smallest absolute Gasteiger partial charge is 0.315 e. The van der Waals surface area contributed by atoms with Crippen LogP contribution in [0.1, 0.15) is 28.5 Å². The Morgan fingerprint density at radius 2 is 2.00 bits per heavy atom. The molecule has 0 aliphatic carbocycles. The molecule has 0 unspecified atom stereocenters. The zero-order valence-electron chi connectivity index (χ0n) is 14.6. The van der Waals surface area contributed by atoms with E-state index in [-0.39, 0.29) is 18.6 Å². The number of hydrogen-bond donors (Lipinski definition) is 4. The van der Waals surface area contributed by atoms with Gasteiger partial charge in [0.05, 0.1) is 19.8 Å². The van der Waals surface area contributed by atoms with Crippen LogP contribution < -0.4 is 20.9 Å². The second-order valence-corrected chi connectivity index (χ2v) is 5.76. The number of methoxy groups -OCH3 is 1. The van der Waals surface area contributed by atoms with Crippen molar-refractivity contribution in [2.24, 2.45) is 0 Å². The quantitative estimate of drug-likeness (QED) is 0.637. The van der Waals surface area contributed by atoms with Gasteiger partial charge in [0, 0.05) is 23.4 Å². The molecule has 2 rings (SSSR count). The van der Waals surface area contributed by atoms with Crippen LogP contribution >= 0.6 is 0 Å². The van der Waals surface area contributed by atoms with Crippen LogP contribution in [0.5, 0.6) is 5.75 Å². The highest BCUT2D eigenvalue weighted by molar-refractivity contribution is 5.73. The number of para-hydroxylation sites is 1. The van der Waals surface area contributed by atoms with Gasteiger partial charge in [0.1, 0.15) is 5.75 Å². The molecule has 1 heterocycles. The maximum absolute atomic E-state index is 11.9. The molecule has 0 saturated heterocycles. The molecule has 134 valence electrons. The van der Waals surface area contributed by atoms with Gasteiger partial charge in [-0.25, -0.2) is 4.79 Å². The Labute approximate surface area is 146 Å². The molecule has 7 nitrogen and oxygen atoms in total. The van der Waals surface area contributed by atoms with Crippen molar-refractivity contribution in [2.75, 3.05) is 13.7 Å². The van der Waals surface area contributed by atoms with E-state index in [1.165, 1.54) is 7.11 Å². The number of hydrogen-bond acceptors (Lipinski definition) is 4. The Bertz CT molecular complexity index is 801. The Morgan fingerprint density at radius 1 is 1.28 bits per heavy atom. The number of aryl methyl sites for hydroxylation is 2. The number of aromatic nitrogens is 1. The molecule has 0 fully saturated rings. The number of carbonyl (C=O) groups is 1. The summed E-state index contributed by atoms with van der Waals surface area (Å²) in [7, 11) is 1.52. The first-order valence-corrected chi connectivity index (χ1v) is 7.94. The molecular formula is C18H23N3O4. The number of urea groups is 1. The van der Waals surface area contributed by atoms with Crippen LogP contribution in [0.25, 0.3) is 0 Å². The minimum absolute atomic E-state index is 0.0233. The molecule has 1 aromatic carbocycles. The van der Waals surface area contributed by atoms with Crippen LogP contribution in [0.4, 0.5) is 4.79 Å². The van der Waals surface area contributed by atoms with E-state index in [0.717, 1.165) is 11.3 Å². The molecule has 0 radical (unpaired) electrons. The lowest BCUT2D eigenvalue weighted by atomic mass is 10.1. The minimum atomic E-state index is -0.897. The van der Waals surface area contributed by atoms with Gasteiger partial charge in [0.25, 0.3) is 5.56 Å². The Hall–Kier alpha value is -2.80. The number of benzene rings is 1. The molecule has 0 aliphatic rings. The zero-order chi connectivity index (χ0) is 18.4. The lowest BCUT2D eigenvalue weighted by Gasteiger charge is -2.16. The average Bonchev–Trinajstić information content (AvgIpc) is 2.58. The van der Waals surface area contributed by atoms with Gasteiger partial charge < -0.3 is 25.5 Å². The van der Waals surface area contributed by atoms with E-state index in [4.69, 9.17) is 4.74 Å². The van der Waals surface area contributed by atoms with Crippen LogP contribution in [-0.4, -0.2) is 29.8 Å². The van der Waals surface area contributed by atoms with Gasteiger partial charge in [0.15, 0.2) is 0 Å². The van der Waals surface area contributed by atoms with Crippen molar-refractivity contribution >= 4 is 6.03 Å². The Kier molecular flexibility index (Phi) is 6.19. The number of H-pyrrole nitrogens is 1. The van der Waals surface area contributed by atoms with Gasteiger partial charge >= 0.3 is 6.03 Å². The predicted octanol–water partition coefficient (Wildman–Crippen LogP) is 1.53. The molecule has 2 amide bonds. The van der Waals surface area contributed by atoms with Gasteiger partial charge in [-0.2, -0.15) is 0 Å². The molecule has 0 saturated carbocycles. The maximum Gasteiger partial charge on any atom is 0.315 e. The number of carbonyl (C=O) groups excluding carboxylic acids is 1. The summed E-state index contributed by atoms with van der Waals surface area (Å²) in [5.74, 6) is 0.555. The highest BCUT2D eigenvalue weighted by Gasteiger charge is 2.14. The van der Waals surface area contributed by atoms with Crippen molar-refractivity contribution in [2.45, 2.75) is 26.5 Å². The minimum Gasteiger partial charge on any atom is -0.496 e. The summed E-state index contributed by atoms with van der Waals surface area (Å²) >= 11 is 0. The number of aliphatic hydroxyl groups excluding tert-OH is 1. The van der Waals surface area contributed by atoms with E-state index >= 15 is 0 Å². The van der Waals surface area contributed by atoms with Crippen molar-refractivity contribution in [3.05, 3.63) is 63.1 Å². The summed E-state index contributed by atoms with van der Waals surface area (Å²) in [6, 6.07) is 8.45. The van der Waals surface area contributed by atoms with Crippen molar-refractivity contribution in [3.63, 3.8) is 0 Å².